The predicted octanol–water partition coefficient (Wildman–Crippen LogP) is 5.01. The smallest absolute Gasteiger partial charge is 0.121 e. The van der Waals surface area contributed by atoms with Gasteiger partial charge in [0.15, 0.2) is 0 Å². The van der Waals surface area contributed by atoms with Crippen molar-refractivity contribution in [1.82, 2.24) is 5.32 Å². The molecule has 1 fully saturated rings. The topological polar surface area (TPSA) is 21.3 Å². The van der Waals surface area contributed by atoms with Gasteiger partial charge in [0.25, 0.3) is 0 Å². The van der Waals surface area contributed by atoms with Crippen LogP contribution in [0.3, 0.4) is 0 Å². The molecule has 1 atom stereocenters. The Balaban J connectivity index is 2.08. The van der Waals surface area contributed by atoms with Crippen molar-refractivity contribution in [1.29, 1.82) is 0 Å². The van der Waals surface area contributed by atoms with E-state index in [1.807, 2.05) is 0 Å². The molecule has 0 saturated heterocycles. The van der Waals surface area contributed by atoms with Gasteiger partial charge in [0, 0.05) is 6.04 Å². The maximum absolute atomic E-state index is 5.39. The lowest BCUT2D eigenvalue weighted by Crippen LogP contribution is -2.23. The molecule has 1 aliphatic carbocycles. The summed E-state index contributed by atoms with van der Waals surface area (Å²) in [5.41, 5.74) is 2.65. The summed E-state index contributed by atoms with van der Waals surface area (Å²) < 4.78 is 5.39. The minimum atomic E-state index is 0.489. The SMILES string of the molecule is CCNC(CC1CCCCCC1)c1ccc(OC)c(C)c1. The second-order valence-corrected chi connectivity index (χ2v) is 6.43. The zero-order valence-corrected chi connectivity index (χ0v) is 14.0. The van der Waals surface area contributed by atoms with Crippen LogP contribution in [0.1, 0.15) is 69.0 Å². The van der Waals surface area contributed by atoms with Gasteiger partial charge in [0.2, 0.25) is 0 Å². The number of hydrogen-bond acceptors (Lipinski definition) is 2. The molecule has 1 saturated carbocycles. The molecular formula is C19H31NO. The van der Waals surface area contributed by atoms with E-state index in [9.17, 15) is 0 Å². The minimum absolute atomic E-state index is 0.489. The lowest BCUT2D eigenvalue weighted by molar-refractivity contribution is 0.359. The number of benzene rings is 1. The Morgan fingerprint density at radius 3 is 2.48 bits per heavy atom. The van der Waals surface area contributed by atoms with Crippen LogP contribution in [0.25, 0.3) is 0 Å². The van der Waals surface area contributed by atoms with Crippen molar-refractivity contribution in [3.8, 4) is 5.75 Å². The lowest BCUT2D eigenvalue weighted by Gasteiger charge is -2.24. The summed E-state index contributed by atoms with van der Waals surface area (Å²) in [6.07, 6.45) is 9.82. The van der Waals surface area contributed by atoms with Crippen LogP contribution in [-0.4, -0.2) is 13.7 Å². The van der Waals surface area contributed by atoms with Crippen molar-refractivity contribution in [2.45, 2.75) is 64.8 Å². The van der Waals surface area contributed by atoms with Gasteiger partial charge in [0.05, 0.1) is 7.11 Å². The summed E-state index contributed by atoms with van der Waals surface area (Å²) in [5, 5.41) is 3.69. The molecule has 1 aliphatic rings. The molecule has 0 bridgehead atoms. The molecule has 0 amide bonds. The molecule has 1 aromatic rings. The van der Waals surface area contributed by atoms with E-state index in [0.717, 1.165) is 18.2 Å². The van der Waals surface area contributed by atoms with E-state index in [1.54, 1.807) is 7.11 Å². The standard InChI is InChI=1S/C19H31NO/c1-4-20-18(14-16-9-7-5-6-8-10-16)17-11-12-19(21-3)15(2)13-17/h11-13,16,18,20H,4-10,14H2,1-3H3. The highest BCUT2D eigenvalue weighted by Crippen LogP contribution is 2.32. The van der Waals surface area contributed by atoms with Gasteiger partial charge in [-0.2, -0.15) is 0 Å². The molecule has 1 unspecified atom stereocenters. The second-order valence-electron chi connectivity index (χ2n) is 6.43. The van der Waals surface area contributed by atoms with Crippen LogP contribution in [0.4, 0.5) is 0 Å². The summed E-state index contributed by atoms with van der Waals surface area (Å²) in [6.45, 7) is 5.37. The molecule has 2 rings (SSSR count). The Kier molecular flexibility index (Phi) is 6.56. The van der Waals surface area contributed by atoms with Crippen molar-refractivity contribution < 1.29 is 4.74 Å². The lowest BCUT2D eigenvalue weighted by atomic mass is 9.89. The third-order valence-electron chi connectivity index (χ3n) is 4.82. The van der Waals surface area contributed by atoms with Gasteiger partial charge in [-0.3, -0.25) is 0 Å². The molecule has 0 aromatic heterocycles. The molecule has 1 N–H and O–H groups in total. The Bertz CT molecular complexity index is 422. The van der Waals surface area contributed by atoms with Crippen molar-refractivity contribution in [2.75, 3.05) is 13.7 Å². The fourth-order valence-corrected chi connectivity index (χ4v) is 3.63. The van der Waals surface area contributed by atoms with Crippen LogP contribution in [0, 0.1) is 12.8 Å². The number of ether oxygens (including phenoxy) is 1. The van der Waals surface area contributed by atoms with Crippen LogP contribution >= 0.6 is 0 Å². The first kappa shape index (κ1) is 16.4. The predicted molar refractivity (Wildman–Crippen MR) is 90.0 cm³/mol. The third kappa shape index (κ3) is 4.74. The summed E-state index contributed by atoms with van der Waals surface area (Å²) in [7, 11) is 1.75. The average Bonchev–Trinajstić information content (AvgIpc) is 2.75. The van der Waals surface area contributed by atoms with Crippen LogP contribution < -0.4 is 10.1 Å². The van der Waals surface area contributed by atoms with Gasteiger partial charge in [-0.25, -0.2) is 0 Å². The third-order valence-corrected chi connectivity index (χ3v) is 4.82. The van der Waals surface area contributed by atoms with E-state index in [2.05, 4.69) is 37.4 Å². The van der Waals surface area contributed by atoms with Gasteiger partial charge in [-0.1, -0.05) is 57.6 Å². The largest absolute Gasteiger partial charge is 0.496 e. The van der Waals surface area contributed by atoms with Crippen LogP contribution in [0.2, 0.25) is 0 Å². The number of nitrogens with one attached hydrogen (secondary N) is 1. The Labute approximate surface area is 130 Å². The highest BCUT2D eigenvalue weighted by atomic mass is 16.5. The van der Waals surface area contributed by atoms with Crippen molar-refractivity contribution in [3.63, 3.8) is 0 Å². The summed E-state index contributed by atoms with van der Waals surface area (Å²) in [4.78, 5) is 0. The van der Waals surface area contributed by atoms with Crippen molar-refractivity contribution in [2.24, 2.45) is 5.92 Å². The number of aryl methyl sites for hydroxylation is 1. The quantitative estimate of drug-likeness (QED) is 0.743. The van der Waals surface area contributed by atoms with E-state index in [-0.39, 0.29) is 0 Å². The van der Waals surface area contributed by atoms with E-state index in [0.29, 0.717) is 6.04 Å². The maximum Gasteiger partial charge on any atom is 0.121 e. The molecule has 2 heteroatoms. The summed E-state index contributed by atoms with van der Waals surface area (Å²) >= 11 is 0. The van der Waals surface area contributed by atoms with E-state index in [4.69, 9.17) is 4.74 Å². The van der Waals surface area contributed by atoms with E-state index >= 15 is 0 Å². The van der Waals surface area contributed by atoms with Gasteiger partial charge in [-0.05, 0) is 43.0 Å². The van der Waals surface area contributed by atoms with E-state index in [1.165, 1.54) is 56.1 Å². The van der Waals surface area contributed by atoms with Gasteiger partial charge in [0.1, 0.15) is 5.75 Å². The van der Waals surface area contributed by atoms with Gasteiger partial charge in [-0.15, -0.1) is 0 Å². The summed E-state index contributed by atoms with van der Waals surface area (Å²) in [5.74, 6) is 1.88. The van der Waals surface area contributed by atoms with Crippen LogP contribution in [0.5, 0.6) is 5.75 Å². The van der Waals surface area contributed by atoms with Crippen LogP contribution in [0.15, 0.2) is 18.2 Å². The molecule has 0 heterocycles. The zero-order valence-electron chi connectivity index (χ0n) is 14.0. The zero-order chi connectivity index (χ0) is 15.1. The molecule has 0 radical (unpaired) electrons. The van der Waals surface area contributed by atoms with Gasteiger partial charge >= 0.3 is 0 Å². The van der Waals surface area contributed by atoms with Crippen molar-refractivity contribution >= 4 is 0 Å². The molecule has 1 aromatic carbocycles. The summed E-state index contributed by atoms with van der Waals surface area (Å²) in [6, 6.07) is 7.13. The molecule has 2 nitrogen and oxygen atoms in total. The molecule has 0 aliphatic heterocycles. The Hall–Kier alpha value is -1.02. The van der Waals surface area contributed by atoms with Crippen molar-refractivity contribution in [3.05, 3.63) is 29.3 Å². The first-order valence-electron chi connectivity index (χ1n) is 8.62. The molecule has 118 valence electrons. The number of methoxy groups -OCH3 is 1. The highest BCUT2D eigenvalue weighted by molar-refractivity contribution is 5.37. The first-order valence-corrected chi connectivity index (χ1v) is 8.62. The average molecular weight is 289 g/mol. The number of hydrogen-bond donors (Lipinski definition) is 1. The maximum atomic E-state index is 5.39. The van der Waals surface area contributed by atoms with Crippen LogP contribution in [-0.2, 0) is 0 Å². The second kappa shape index (κ2) is 8.43. The molecular weight excluding hydrogens is 258 g/mol. The minimum Gasteiger partial charge on any atom is -0.496 e. The van der Waals surface area contributed by atoms with Gasteiger partial charge < -0.3 is 10.1 Å². The number of rotatable bonds is 6. The van der Waals surface area contributed by atoms with E-state index < -0.39 is 0 Å². The Morgan fingerprint density at radius 1 is 1.19 bits per heavy atom. The highest BCUT2D eigenvalue weighted by Gasteiger charge is 2.19. The molecule has 21 heavy (non-hydrogen) atoms. The normalized spacial score (nSPS) is 18.2. The fourth-order valence-electron chi connectivity index (χ4n) is 3.63. The first-order chi connectivity index (χ1) is 10.2. The Morgan fingerprint density at radius 2 is 1.90 bits per heavy atom. The molecule has 0 spiro atoms. The fraction of sp³-hybridized carbons (Fsp3) is 0.684. The monoisotopic (exact) mass is 289 g/mol.